The Hall–Kier alpha value is 0.220. The van der Waals surface area contributed by atoms with Gasteiger partial charge in [0.15, 0.2) is 0 Å². The van der Waals surface area contributed by atoms with Gasteiger partial charge in [-0.25, -0.2) is 0 Å². The van der Waals surface area contributed by atoms with E-state index in [1.54, 1.807) is 0 Å². The molecule has 0 aromatic carbocycles. The quantitative estimate of drug-likeness (QED) is 0.563. The van der Waals surface area contributed by atoms with Gasteiger partial charge in [-0.05, 0) is 41.5 Å². The molecular weight excluding hydrogens is 188 g/mol. The molecule has 10 heavy (non-hydrogen) atoms. The summed E-state index contributed by atoms with van der Waals surface area (Å²) < 4.78 is 1.46. The number of hydrogen-bond donors (Lipinski definition) is 0. The highest BCUT2D eigenvalue weighted by Gasteiger charge is 2.32. The molecule has 0 aliphatic heterocycles. The van der Waals surface area contributed by atoms with Crippen molar-refractivity contribution in [3.63, 3.8) is 0 Å². The van der Waals surface area contributed by atoms with Gasteiger partial charge in [-0.1, -0.05) is 28.9 Å². The summed E-state index contributed by atoms with van der Waals surface area (Å²) in [5.74, 6) is 2.71. The second-order valence-corrected chi connectivity index (χ2v) is 4.59. The van der Waals surface area contributed by atoms with Crippen LogP contribution in [0.15, 0.2) is 10.6 Å². The Morgan fingerprint density at radius 2 is 2.30 bits per heavy atom. The molecule has 0 heterocycles. The SMILES string of the molecule is C[C@H]1C(Br)=C[C@@H]2CC[C@H]1C2. The number of allylic oxidation sites excluding steroid dienone is 2. The second kappa shape index (κ2) is 2.37. The summed E-state index contributed by atoms with van der Waals surface area (Å²) in [7, 11) is 0. The van der Waals surface area contributed by atoms with Gasteiger partial charge in [-0.15, -0.1) is 0 Å². The predicted octanol–water partition coefficient (Wildman–Crippen LogP) is 3.33. The lowest BCUT2D eigenvalue weighted by Gasteiger charge is -2.23. The molecule has 2 aliphatic rings. The van der Waals surface area contributed by atoms with E-state index >= 15 is 0 Å². The van der Waals surface area contributed by atoms with E-state index in [0.717, 1.165) is 17.8 Å². The third kappa shape index (κ3) is 0.952. The highest BCUT2D eigenvalue weighted by atomic mass is 79.9. The fourth-order valence-corrected chi connectivity index (χ4v) is 3.01. The molecule has 1 saturated carbocycles. The Morgan fingerprint density at radius 1 is 1.50 bits per heavy atom. The normalized spacial score (nSPS) is 45.4. The molecule has 0 unspecified atom stereocenters. The zero-order valence-electron chi connectivity index (χ0n) is 6.31. The van der Waals surface area contributed by atoms with Crippen molar-refractivity contribution in [2.75, 3.05) is 0 Å². The van der Waals surface area contributed by atoms with Crippen molar-refractivity contribution < 1.29 is 0 Å². The number of halogens is 1. The van der Waals surface area contributed by atoms with Gasteiger partial charge in [0.05, 0.1) is 0 Å². The maximum Gasteiger partial charge on any atom is -0.00554 e. The molecule has 0 N–H and O–H groups in total. The Kier molecular flexibility index (Phi) is 1.63. The molecule has 0 saturated heterocycles. The Labute approximate surface area is 70.8 Å². The highest BCUT2D eigenvalue weighted by Crippen LogP contribution is 2.45. The molecule has 0 nitrogen and oxygen atoms in total. The third-order valence-electron chi connectivity index (χ3n) is 3.05. The molecular formula is C9H13Br. The predicted molar refractivity (Wildman–Crippen MR) is 47.0 cm³/mol. The lowest BCUT2D eigenvalue weighted by molar-refractivity contribution is 0.404. The maximum absolute atomic E-state index is 3.64. The van der Waals surface area contributed by atoms with E-state index in [1.165, 1.54) is 23.7 Å². The van der Waals surface area contributed by atoms with E-state index in [-0.39, 0.29) is 0 Å². The molecule has 0 aromatic heterocycles. The van der Waals surface area contributed by atoms with Gasteiger partial charge < -0.3 is 0 Å². The van der Waals surface area contributed by atoms with Gasteiger partial charge in [0.25, 0.3) is 0 Å². The minimum absolute atomic E-state index is 0.804. The lowest BCUT2D eigenvalue weighted by atomic mass is 9.87. The molecule has 0 spiro atoms. The number of rotatable bonds is 0. The van der Waals surface area contributed by atoms with E-state index in [2.05, 4.69) is 28.9 Å². The summed E-state index contributed by atoms with van der Waals surface area (Å²) in [5.41, 5.74) is 0. The first-order valence-electron chi connectivity index (χ1n) is 4.14. The van der Waals surface area contributed by atoms with Crippen molar-refractivity contribution in [3.8, 4) is 0 Å². The van der Waals surface area contributed by atoms with Crippen molar-refractivity contribution in [1.82, 2.24) is 0 Å². The van der Waals surface area contributed by atoms with E-state index in [1.807, 2.05) is 0 Å². The molecule has 0 radical (unpaired) electrons. The third-order valence-corrected chi connectivity index (χ3v) is 4.04. The summed E-state index contributed by atoms with van der Waals surface area (Å²) in [4.78, 5) is 0. The Balaban J connectivity index is 2.25. The molecule has 0 amide bonds. The molecule has 2 aliphatic carbocycles. The zero-order chi connectivity index (χ0) is 7.14. The molecule has 0 aromatic rings. The van der Waals surface area contributed by atoms with E-state index in [4.69, 9.17) is 0 Å². The minimum Gasteiger partial charge on any atom is -0.0710 e. The van der Waals surface area contributed by atoms with Crippen LogP contribution in [0.25, 0.3) is 0 Å². The van der Waals surface area contributed by atoms with Gasteiger partial charge in [0.2, 0.25) is 0 Å². The van der Waals surface area contributed by atoms with E-state index in [9.17, 15) is 0 Å². The van der Waals surface area contributed by atoms with Crippen LogP contribution >= 0.6 is 15.9 Å². The van der Waals surface area contributed by atoms with Gasteiger partial charge in [0, 0.05) is 0 Å². The number of fused-ring (bicyclic) bond motifs is 2. The molecule has 1 heteroatoms. The fourth-order valence-electron chi connectivity index (χ4n) is 2.26. The van der Waals surface area contributed by atoms with E-state index in [0.29, 0.717) is 0 Å². The standard InChI is InChI=1S/C9H13Br/c1-6-8-3-2-7(4-8)5-9(6)10/h5-8H,2-4H2,1H3/t6-,7-,8+/m1/s1. The molecule has 2 bridgehead atoms. The molecule has 3 atom stereocenters. The van der Waals surface area contributed by atoms with Crippen LogP contribution in [0.4, 0.5) is 0 Å². The van der Waals surface area contributed by atoms with Crippen LogP contribution in [0.1, 0.15) is 26.2 Å². The summed E-state index contributed by atoms with van der Waals surface area (Å²) >= 11 is 3.64. The first-order valence-corrected chi connectivity index (χ1v) is 4.94. The van der Waals surface area contributed by atoms with Crippen LogP contribution in [0.5, 0.6) is 0 Å². The van der Waals surface area contributed by atoms with Crippen molar-refractivity contribution in [1.29, 1.82) is 0 Å². The fraction of sp³-hybridized carbons (Fsp3) is 0.778. The van der Waals surface area contributed by atoms with Crippen LogP contribution in [-0.2, 0) is 0 Å². The average molecular weight is 201 g/mol. The van der Waals surface area contributed by atoms with Crippen molar-refractivity contribution in [3.05, 3.63) is 10.6 Å². The van der Waals surface area contributed by atoms with Crippen molar-refractivity contribution in [2.45, 2.75) is 26.2 Å². The molecule has 1 fully saturated rings. The molecule has 2 rings (SSSR count). The number of hydrogen-bond acceptors (Lipinski definition) is 0. The largest absolute Gasteiger partial charge is 0.0710 e. The minimum atomic E-state index is 0.804. The summed E-state index contributed by atoms with van der Waals surface area (Å²) in [6.45, 7) is 2.34. The Bertz CT molecular complexity index is 172. The lowest BCUT2D eigenvalue weighted by Crippen LogP contribution is -2.12. The zero-order valence-corrected chi connectivity index (χ0v) is 7.89. The molecule has 56 valence electrons. The van der Waals surface area contributed by atoms with Crippen molar-refractivity contribution in [2.24, 2.45) is 17.8 Å². The van der Waals surface area contributed by atoms with Gasteiger partial charge in [-0.3, -0.25) is 0 Å². The smallest absolute Gasteiger partial charge is 0.00554 e. The maximum atomic E-state index is 3.64. The van der Waals surface area contributed by atoms with Crippen LogP contribution in [0.3, 0.4) is 0 Å². The first kappa shape index (κ1) is 6.90. The van der Waals surface area contributed by atoms with Gasteiger partial charge in [-0.2, -0.15) is 0 Å². The topological polar surface area (TPSA) is 0 Å². The van der Waals surface area contributed by atoms with Crippen LogP contribution in [-0.4, -0.2) is 0 Å². The highest BCUT2D eigenvalue weighted by molar-refractivity contribution is 9.11. The van der Waals surface area contributed by atoms with Crippen molar-refractivity contribution >= 4 is 15.9 Å². The summed E-state index contributed by atoms with van der Waals surface area (Å²) in [6.07, 6.45) is 6.77. The monoisotopic (exact) mass is 200 g/mol. The van der Waals surface area contributed by atoms with E-state index < -0.39 is 0 Å². The van der Waals surface area contributed by atoms with Crippen LogP contribution < -0.4 is 0 Å². The van der Waals surface area contributed by atoms with Gasteiger partial charge in [0.1, 0.15) is 0 Å². The second-order valence-electron chi connectivity index (χ2n) is 3.67. The first-order chi connectivity index (χ1) is 4.77. The summed E-state index contributed by atoms with van der Waals surface area (Å²) in [5, 5.41) is 0. The Morgan fingerprint density at radius 3 is 3.10 bits per heavy atom. The van der Waals surface area contributed by atoms with Crippen LogP contribution in [0.2, 0.25) is 0 Å². The van der Waals surface area contributed by atoms with Crippen LogP contribution in [0, 0.1) is 17.8 Å². The van der Waals surface area contributed by atoms with Gasteiger partial charge >= 0.3 is 0 Å². The average Bonchev–Trinajstić information content (AvgIpc) is 2.29. The summed E-state index contributed by atoms with van der Waals surface area (Å²) in [6, 6.07) is 0.